The molecule has 2 amide bonds. The van der Waals surface area contributed by atoms with Crippen LogP contribution < -0.4 is 5.32 Å². The molecule has 0 spiro atoms. The van der Waals surface area contributed by atoms with Crippen LogP contribution in [0.4, 0.5) is 18.9 Å². The number of hydrogen-bond acceptors (Lipinski definition) is 3. The maximum Gasteiger partial charge on any atom is 0.471 e. The normalized spacial score (nSPS) is 15.7. The number of para-hydroxylation sites is 1. The molecule has 1 saturated heterocycles. The molecule has 0 aliphatic carbocycles. The summed E-state index contributed by atoms with van der Waals surface area (Å²) in [6, 6.07) is 5.61. The number of ether oxygens (including phenoxy) is 1. The van der Waals surface area contributed by atoms with Gasteiger partial charge in [-0.3, -0.25) is 9.59 Å². The molecular weight excluding hydrogens is 289 g/mol. The lowest BCUT2D eigenvalue weighted by molar-refractivity contribution is -0.167. The number of carbonyl (C=O) groups excluding carboxylic acids is 2. The maximum absolute atomic E-state index is 12.3. The third-order valence-electron chi connectivity index (χ3n) is 2.96. The van der Waals surface area contributed by atoms with Gasteiger partial charge in [-0.2, -0.15) is 13.2 Å². The zero-order valence-corrected chi connectivity index (χ0v) is 10.9. The van der Waals surface area contributed by atoms with E-state index in [-0.39, 0.29) is 11.3 Å². The highest BCUT2D eigenvalue weighted by atomic mass is 19.4. The Balaban J connectivity index is 2.20. The number of halogens is 3. The van der Waals surface area contributed by atoms with E-state index < -0.39 is 18.0 Å². The average Bonchev–Trinajstić information content (AvgIpc) is 2.47. The van der Waals surface area contributed by atoms with Crippen molar-refractivity contribution < 1.29 is 27.5 Å². The number of carbonyl (C=O) groups is 2. The number of morpholine rings is 1. The fraction of sp³-hybridized carbons (Fsp3) is 0.385. The average molecular weight is 302 g/mol. The van der Waals surface area contributed by atoms with Crippen LogP contribution in [0, 0.1) is 0 Å². The monoisotopic (exact) mass is 302 g/mol. The molecule has 1 fully saturated rings. The Morgan fingerprint density at radius 1 is 1.14 bits per heavy atom. The highest BCUT2D eigenvalue weighted by Gasteiger charge is 2.39. The van der Waals surface area contributed by atoms with Crippen LogP contribution in [0.5, 0.6) is 0 Å². The number of alkyl halides is 3. The first-order valence-corrected chi connectivity index (χ1v) is 6.24. The molecule has 0 aromatic heterocycles. The molecule has 0 bridgehead atoms. The first-order valence-electron chi connectivity index (χ1n) is 6.24. The maximum atomic E-state index is 12.3. The van der Waals surface area contributed by atoms with E-state index in [1.807, 2.05) is 0 Å². The molecule has 1 aromatic rings. The fourth-order valence-electron chi connectivity index (χ4n) is 1.91. The number of nitrogens with zero attached hydrogens (tertiary/aromatic N) is 1. The van der Waals surface area contributed by atoms with Gasteiger partial charge in [0.25, 0.3) is 5.91 Å². The molecule has 21 heavy (non-hydrogen) atoms. The van der Waals surface area contributed by atoms with Crippen LogP contribution in [0.3, 0.4) is 0 Å². The van der Waals surface area contributed by atoms with Gasteiger partial charge in [0.15, 0.2) is 0 Å². The van der Waals surface area contributed by atoms with E-state index in [9.17, 15) is 22.8 Å². The highest BCUT2D eigenvalue weighted by Crippen LogP contribution is 2.22. The first-order chi connectivity index (χ1) is 9.89. The second-order valence-electron chi connectivity index (χ2n) is 4.40. The van der Waals surface area contributed by atoms with E-state index in [1.165, 1.54) is 29.2 Å². The van der Waals surface area contributed by atoms with Crippen molar-refractivity contribution in [2.75, 3.05) is 31.6 Å². The number of benzene rings is 1. The largest absolute Gasteiger partial charge is 0.471 e. The molecule has 0 atom stereocenters. The van der Waals surface area contributed by atoms with E-state index in [4.69, 9.17) is 4.74 Å². The summed E-state index contributed by atoms with van der Waals surface area (Å²) in [5, 5.41) is 1.73. The molecule has 0 unspecified atom stereocenters. The zero-order valence-electron chi connectivity index (χ0n) is 10.9. The van der Waals surface area contributed by atoms with Crippen LogP contribution in [0.15, 0.2) is 24.3 Å². The third kappa shape index (κ3) is 3.72. The lowest BCUT2D eigenvalue weighted by atomic mass is 10.1. The molecule has 1 aliphatic heterocycles. The number of nitrogens with one attached hydrogen (secondary N) is 1. The Hall–Kier alpha value is -2.09. The van der Waals surface area contributed by atoms with Gasteiger partial charge in [-0.25, -0.2) is 0 Å². The highest BCUT2D eigenvalue weighted by molar-refractivity contribution is 6.04. The SMILES string of the molecule is O=C(c1ccccc1NC(=O)C(F)(F)F)N1CCOCC1. The molecular formula is C13H13F3N2O3. The van der Waals surface area contributed by atoms with Crippen molar-refractivity contribution >= 4 is 17.5 Å². The van der Waals surface area contributed by atoms with Gasteiger partial charge in [-0.15, -0.1) is 0 Å². The van der Waals surface area contributed by atoms with Crippen molar-refractivity contribution in [2.24, 2.45) is 0 Å². The summed E-state index contributed by atoms with van der Waals surface area (Å²) in [6.07, 6.45) is -5.00. The summed E-state index contributed by atoms with van der Waals surface area (Å²) in [6.45, 7) is 1.48. The number of hydrogen-bond donors (Lipinski definition) is 1. The third-order valence-corrected chi connectivity index (χ3v) is 2.96. The Labute approximate surface area is 118 Å². The summed E-state index contributed by atoms with van der Waals surface area (Å²) >= 11 is 0. The number of amides is 2. The van der Waals surface area contributed by atoms with Crippen LogP contribution in [0.1, 0.15) is 10.4 Å². The summed E-state index contributed by atoms with van der Waals surface area (Å²) in [7, 11) is 0. The molecule has 1 N–H and O–H groups in total. The van der Waals surface area contributed by atoms with Gasteiger partial charge in [0, 0.05) is 13.1 Å². The lowest BCUT2D eigenvalue weighted by Crippen LogP contribution is -2.41. The van der Waals surface area contributed by atoms with Crippen molar-refractivity contribution in [1.29, 1.82) is 0 Å². The van der Waals surface area contributed by atoms with Crippen LogP contribution in [-0.4, -0.2) is 49.2 Å². The van der Waals surface area contributed by atoms with Crippen LogP contribution >= 0.6 is 0 Å². The lowest BCUT2D eigenvalue weighted by Gasteiger charge is -2.27. The minimum Gasteiger partial charge on any atom is -0.378 e. The second-order valence-corrected chi connectivity index (χ2v) is 4.40. The molecule has 8 heteroatoms. The molecule has 1 aromatic carbocycles. The van der Waals surface area contributed by atoms with Gasteiger partial charge in [0.1, 0.15) is 0 Å². The Morgan fingerprint density at radius 2 is 1.76 bits per heavy atom. The predicted octanol–water partition coefficient (Wildman–Crippen LogP) is 1.66. The van der Waals surface area contributed by atoms with Gasteiger partial charge in [0.2, 0.25) is 0 Å². The summed E-state index contributed by atoms with van der Waals surface area (Å²) in [5.41, 5.74) is -0.131. The Bertz CT molecular complexity index is 540. The molecule has 1 heterocycles. The van der Waals surface area contributed by atoms with Crippen molar-refractivity contribution in [1.82, 2.24) is 4.90 Å². The topological polar surface area (TPSA) is 58.6 Å². The minimum atomic E-state index is -5.00. The van der Waals surface area contributed by atoms with E-state index in [0.29, 0.717) is 26.3 Å². The molecule has 1 aliphatic rings. The van der Waals surface area contributed by atoms with Crippen molar-refractivity contribution in [2.45, 2.75) is 6.18 Å². The molecule has 0 radical (unpaired) electrons. The van der Waals surface area contributed by atoms with E-state index in [1.54, 1.807) is 5.32 Å². The van der Waals surface area contributed by atoms with Gasteiger partial charge in [-0.05, 0) is 12.1 Å². The second kappa shape index (κ2) is 6.13. The van der Waals surface area contributed by atoms with Gasteiger partial charge >= 0.3 is 12.1 Å². The Kier molecular flexibility index (Phi) is 4.46. The van der Waals surface area contributed by atoms with Crippen molar-refractivity contribution in [3.63, 3.8) is 0 Å². The molecule has 2 rings (SSSR count). The van der Waals surface area contributed by atoms with Crippen molar-refractivity contribution in [3.8, 4) is 0 Å². The first kappa shape index (κ1) is 15.3. The summed E-state index contributed by atoms with van der Waals surface area (Å²) < 4.78 is 42.0. The standard InChI is InChI=1S/C13H13F3N2O3/c14-13(15,16)12(20)17-10-4-2-1-3-9(10)11(19)18-5-7-21-8-6-18/h1-4H,5-8H2,(H,17,20). The zero-order chi connectivity index (χ0) is 15.5. The molecule has 5 nitrogen and oxygen atoms in total. The van der Waals surface area contributed by atoms with Gasteiger partial charge in [0.05, 0.1) is 24.5 Å². The van der Waals surface area contributed by atoms with E-state index in [0.717, 1.165) is 0 Å². The van der Waals surface area contributed by atoms with E-state index >= 15 is 0 Å². The molecule has 114 valence electrons. The van der Waals surface area contributed by atoms with Gasteiger partial charge in [-0.1, -0.05) is 12.1 Å². The molecule has 0 saturated carbocycles. The number of rotatable bonds is 2. The van der Waals surface area contributed by atoms with Gasteiger partial charge < -0.3 is 15.0 Å². The van der Waals surface area contributed by atoms with Crippen LogP contribution in [-0.2, 0) is 9.53 Å². The Morgan fingerprint density at radius 3 is 2.38 bits per heavy atom. The summed E-state index contributed by atoms with van der Waals surface area (Å²) in [5.74, 6) is -2.54. The minimum absolute atomic E-state index is 0.0250. The number of anilines is 1. The smallest absolute Gasteiger partial charge is 0.378 e. The van der Waals surface area contributed by atoms with Crippen LogP contribution in [0.25, 0.3) is 0 Å². The van der Waals surface area contributed by atoms with Crippen molar-refractivity contribution in [3.05, 3.63) is 29.8 Å². The van der Waals surface area contributed by atoms with Crippen LogP contribution in [0.2, 0.25) is 0 Å². The quantitative estimate of drug-likeness (QED) is 0.904. The fourth-order valence-corrected chi connectivity index (χ4v) is 1.91. The van der Waals surface area contributed by atoms with E-state index in [2.05, 4.69) is 0 Å². The predicted molar refractivity (Wildman–Crippen MR) is 67.8 cm³/mol. The summed E-state index contributed by atoms with van der Waals surface area (Å²) in [4.78, 5) is 24.8.